The Labute approximate surface area is 103 Å². The van der Waals surface area contributed by atoms with Gasteiger partial charge in [-0.15, -0.1) is 0 Å². The molecule has 1 unspecified atom stereocenters. The Morgan fingerprint density at radius 1 is 1.59 bits per heavy atom. The van der Waals surface area contributed by atoms with Crippen molar-refractivity contribution in [3.05, 3.63) is 18.2 Å². The van der Waals surface area contributed by atoms with Crippen molar-refractivity contribution in [1.82, 2.24) is 14.9 Å². The second-order valence-electron chi connectivity index (χ2n) is 4.80. The number of nitrogens with one attached hydrogen (secondary N) is 1. The van der Waals surface area contributed by atoms with E-state index >= 15 is 0 Å². The molecule has 0 aliphatic heterocycles. The van der Waals surface area contributed by atoms with Gasteiger partial charge >= 0.3 is 0 Å². The first-order valence-corrected chi connectivity index (χ1v) is 6.48. The number of aromatic nitrogens is 2. The Morgan fingerprint density at radius 2 is 2.35 bits per heavy atom. The molecule has 0 radical (unpaired) electrons. The first-order chi connectivity index (χ1) is 8.25. The van der Waals surface area contributed by atoms with E-state index in [0.717, 1.165) is 31.6 Å². The van der Waals surface area contributed by atoms with Crippen molar-refractivity contribution in [1.29, 1.82) is 0 Å². The van der Waals surface area contributed by atoms with Crippen LogP contribution in [0, 0.1) is 0 Å². The topological polar surface area (TPSA) is 39.1 Å². The molecule has 17 heavy (non-hydrogen) atoms. The summed E-state index contributed by atoms with van der Waals surface area (Å²) in [4.78, 5) is 4.45. The number of likely N-dealkylation sites (N-methyl/N-ethyl adjacent to an activating group) is 1. The van der Waals surface area contributed by atoms with Gasteiger partial charge < -0.3 is 14.6 Å². The van der Waals surface area contributed by atoms with Crippen LogP contribution in [0.3, 0.4) is 0 Å². The molecule has 1 saturated carbocycles. The lowest BCUT2D eigenvalue weighted by Crippen LogP contribution is -2.56. The number of nitrogens with zero attached hydrogens (tertiary/aromatic N) is 2. The largest absolute Gasteiger partial charge is 0.377 e. The van der Waals surface area contributed by atoms with Crippen molar-refractivity contribution in [2.24, 2.45) is 0 Å². The van der Waals surface area contributed by atoms with Crippen LogP contribution in [0.4, 0.5) is 0 Å². The number of rotatable bonds is 6. The van der Waals surface area contributed by atoms with Crippen molar-refractivity contribution < 1.29 is 4.74 Å². The highest BCUT2D eigenvalue weighted by molar-refractivity contribution is 5.05. The first-order valence-electron chi connectivity index (χ1n) is 6.48. The second-order valence-corrected chi connectivity index (χ2v) is 4.80. The molecule has 1 heterocycles. The quantitative estimate of drug-likeness (QED) is 0.817. The van der Waals surface area contributed by atoms with Crippen LogP contribution in [0.2, 0.25) is 0 Å². The molecule has 1 atom stereocenters. The molecule has 1 aromatic rings. The van der Waals surface area contributed by atoms with Crippen LogP contribution in [-0.4, -0.2) is 35.4 Å². The highest BCUT2D eigenvalue weighted by atomic mass is 16.5. The van der Waals surface area contributed by atoms with Gasteiger partial charge in [-0.3, -0.25) is 0 Å². The van der Waals surface area contributed by atoms with Crippen LogP contribution in [0.15, 0.2) is 12.4 Å². The maximum atomic E-state index is 5.75. The van der Waals surface area contributed by atoms with E-state index in [-0.39, 0.29) is 5.60 Å². The number of imidazole rings is 1. The first kappa shape index (κ1) is 12.6. The number of hydrogen-bond acceptors (Lipinski definition) is 3. The van der Waals surface area contributed by atoms with Gasteiger partial charge in [0.15, 0.2) is 0 Å². The lowest BCUT2D eigenvalue weighted by Gasteiger charge is -2.46. The summed E-state index contributed by atoms with van der Waals surface area (Å²) in [5.74, 6) is 1.15. The van der Waals surface area contributed by atoms with E-state index in [1.807, 2.05) is 26.6 Å². The van der Waals surface area contributed by atoms with Crippen LogP contribution in [-0.2, 0) is 17.7 Å². The smallest absolute Gasteiger partial charge is 0.110 e. The molecule has 1 fully saturated rings. The van der Waals surface area contributed by atoms with E-state index in [9.17, 15) is 0 Å². The fraction of sp³-hybridized carbons (Fsp3) is 0.769. The van der Waals surface area contributed by atoms with Gasteiger partial charge in [0.1, 0.15) is 5.82 Å². The highest BCUT2D eigenvalue weighted by Gasteiger charge is 2.44. The van der Waals surface area contributed by atoms with Crippen LogP contribution in [0.5, 0.6) is 0 Å². The molecule has 0 spiro atoms. The molecular formula is C13H23N3O. The maximum Gasteiger partial charge on any atom is 0.110 e. The van der Waals surface area contributed by atoms with Crippen LogP contribution in [0.25, 0.3) is 0 Å². The van der Waals surface area contributed by atoms with Gasteiger partial charge in [-0.05, 0) is 33.2 Å². The SMILES string of the molecule is CCn1ccnc1CC(NC)C1(OC)CCC1. The molecule has 4 heteroatoms. The van der Waals surface area contributed by atoms with E-state index < -0.39 is 0 Å². The van der Waals surface area contributed by atoms with Crippen LogP contribution in [0.1, 0.15) is 32.0 Å². The molecule has 0 aromatic carbocycles. The predicted octanol–water partition coefficient (Wildman–Crippen LogP) is 1.60. The zero-order valence-electron chi connectivity index (χ0n) is 11.1. The van der Waals surface area contributed by atoms with Gasteiger partial charge in [-0.2, -0.15) is 0 Å². The Balaban J connectivity index is 2.09. The summed E-state index contributed by atoms with van der Waals surface area (Å²) < 4.78 is 7.95. The third-order valence-corrected chi connectivity index (χ3v) is 4.12. The van der Waals surface area contributed by atoms with Crippen molar-refractivity contribution in [3.63, 3.8) is 0 Å². The molecule has 1 aliphatic carbocycles. The summed E-state index contributed by atoms with van der Waals surface area (Å²) in [6, 6.07) is 0.356. The van der Waals surface area contributed by atoms with E-state index in [2.05, 4.69) is 21.8 Å². The Kier molecular flexibility index (Phi) is 3.84. The maximum absolute atomic E-state index is 5.75. The van der Waals surface area contributed by atoms with Gasteiger partial charge in [0, 0.05) is 38.5 Å². The monoisotopic (exact) mass is 237 g/mol. The summed E-state index contributed by atoms with van der Waals surface area (Å²) in [6.07, 6.45) is 8.44. The molecule has 1 aliphatic rings. The lowest BCUT2D eigenvalue weighted by molar-refractivity contribution is -0.0971. The van der Waals surface area contributed by atoms with Gasteiger partial charge in [0.05, 0.1) is 5.60 Å². The van der Waals surface area contributed by atoms with Crippen molar-refractivity contribution in [2.75, 3.05) is 14.2 Å². The molecular weight excluding hydrogens is 214 g/mol. The van der Waals surface area contributed by atoms with Crippen LogP contribution >= 0.6 is 0 Å². The zero-order chi connectivity index (χ0) is 12.3. The fourth-order valence-electron chi connectivity index (χ4n) is 2.77. The standard InChI is InChI=1S/C13H23N3O/c1-4-16-9-8-15-12(16)10-11(14-2)13(17-3)6-5-7-13/h8-9,11,14H,4-7,10H2,1-3H3. The Bertz CT molecular complexity index is 352. The second kappa shape index (κ2) is 5.19. The number of aryl methyl sites for hydroxylation is 1. The predicted molar refractivity (Wildman–Crippen MR) is 68.0 cm³/mol. The van der Waals surface area contributed by atoms with E-state index in [1.54, 1.807) is 0 Å². The molecule has 2 rings (SSSR count). The minimum atomic E-state index is 0.0271. The minimum Gasteiger partial charge on any atom is -0.377 e. The number of ether oxygens (including phenoxy) is 1. The molecule has 0 saturated heterocycles. The molecule has 0 bridgehead atoms. The lowest BCUT2D eigenvalue weighted by atomic mass is 9.73. The van der Waals surface area contributed by atoms with Crippen molar-refractivity contribution >= 4 is 0 Å². The van der Waals surface area contributed by atoms with Gasteiger partial charge in [-0.1, -0.05) is 0 Å². The number of hydrogen-bond donors (Lipinski definition) is 1. The summed E-state index contributed by atoms with van der Waals surface area (Å²) in [5.41, 5.74) is 0.0271. The van der Waals surface area contributed by atoms with Gasteiger partial charge in [0.25, 0.3) is 0 Å². The average molecular weight is 237 g/mol. The molecule has 0 amide bonds. The van der Waals surface area contributed by atoms with Crippen LogP contribution < -0.4 is 5.32 Å². The summed E-state index contributed by atoms with van der Waals surface area (Å²) in [7, 11) is 3.85. The molecule has 1 aromatic heterocycles. The van der Waals surface area contributed by atoms with Crippen molar-refractivity contribution in [2.45, 2.75) is 50.8 Å². The van der Waals surface area contributed by atoms with E-state index in [1.165, 1.54) is 6.42 Å². The van der Waals surface area contributed by atoms with Crippen molar-refractivity contribution in [3.8, 4) is 0 Å². The minimum absolute atomic E-state index is 0.0271. The number of methoxy groups -OCH3 is 1. The van der Waals surface area contributed by atoms with E-state index in [0.29, 0.717) is 6.04 Å². The zero-order valence-corrected chi connectivity index (χ0v) is 11.1. The summed E-state index contributed by atoms with van der Waals surface area (Å²) in [5, 5.41) is 3.41. The molecule has 4 nitrogen and oxygen atoms in total. The third kappa shape index (κ3) is 2.24. The fourth-order valence-corrected chi connectivity index (χ4v) is 2.77. The highest BCUT2D eigenvalue weighted by Crippen LogP contribution is 2.38. The summed E-state index contributed by atoms with van der Waals surface area (Å²) >= 11 is 0. The van der Waals surface area contributed by atoms with E-state index in [4.69, 9.17) is 4.74 Å². The summed E-state index contributed by atoms with van der Waals surface area (Å²) in [6.45, 7) is 3.13. The van der Waals surface area contributed by atoms with Gasteiger partial charge in [0.2, 0.25) is 0 Å². The Morgan fingerprint density at radius 3 is 2.82 bits per heavy atom. The third-order valence-electron chi connectivity index (χ3n) is 4.12. The Hall–Kier alpha value is -0.870. The van der Waals surface area contributed by atoms with Gasteiger partial charge in [-0.25, -0.2) is 4.98 Å². The molecule has 96 valence electrons. The normalized spacial score (nSPS) is 19.9. The molecule has 1 N–H and O–H groups in total. The average Bonchev–Trinajstić information content (AvgIpc) is 2.74.